The number of rotatable bonds is 4. The molecule has 0 aliphatic heterocycles. The summed E-state index contributed by atoms with van der Waals surface area (Å²) in [4.78, 5) is 7.98. The van der Waals surface area contributed by atoms with Crippen molar-refractivity contribution in [2.75, 3.05) is 17.6 Å². The quantitative estimate of drug-likeness (QED) is 0.910. The molecule has 0 bridgehead atoms. The monoisotopic (exact) mass is 298 g/mol. The summed E-state index contributed by atoms with van der Waals surface area (Å²) in [5, 5.41) is 7.44. The summed E-state index contributed by atoms with van der Waals surface area (Å²) in [7, 11) is 0. The normalized spacial score (nSPS) is 10.3. The molecule has 84 valence electrons. The zero-order chi connectivity index (χ0) is 11.4. The van der Waals surface area contributed by atoms with E-state index in [4.69, 9.17) is 5.73 Å². The highest BCUT2D eigenvalue weighted by Crippen LogP contribution is 2.19. The fourth-order valence-corrected chi connectivity index (χ4v) is 2.30. The van der Waals surface area contributed by atoms with Gasteiger partial charge in [-0.1, -0.05) is 0 Å². The molecule has 16 heavy (non-hydrogen) atoms. The van der Waals surface area contributed by atoms with E-state index < -0.39 is 0 Å². The molecule has 4 nitrogen and oxygen atoms in total. The van der Waals surface area contributed by atoms with Crippen LogP contribution in [0.2, 0.25) is 0 Å². The molecule has 0 spiro atoms. The van der Waals surface area contributed by atoms with E-state index in [1.54, 1.807) is 17.5 Å². The number of nitrogens with two attached hydrogens (primary N) is 1. The van der Waals surface area contributed by atoms with Crippen molar-refractivity contribution >= 4 is 39.0 Å². The minimum atomic E-state index is 0.279. The second kappa shape index (κ2) is 5.27. The Morgan fingerprint density at radius 2 is 2.38 bits per heavy atom. The number of anilines is 2. The molecule has 0 amide bonds. The standard InChI is InChI=1S/C10H11BrN4S/c11-8-5-14-10(12)15-9(8)13-3-1-7-2-4-16-6-7/h2,4-6H,1,3H2,(H3,12,13,14,15). The highest BCUT2D eigenvalue weighted by molar-refractivity contribution is 9.10. The van der Waals surface area contributed by atoms with Crippen LogP contribution in [0, 0.1) is 0 Å². The van der Waals surface area contributed by atoms with Gasteiger partial charge in [-0.25, -0.2) is 4.98 Å². The lowest BCUT2D eigenvalue weighted by Crippen LogP contribution is -2.08. The maximum absolute atomic E-state index is 5.51. The van der Waals surface area contributed by atoms with Crippen LogP contribution in [0.25, 0.3) is 0 Å². The Morgan fingerprint density at radius 3 is 3.12 bits per heavy atom. The molecule has 0 fully saturated rings. The number of thiophene rings is 1. The minimum Gasteiger partial charge on any atom is -0.369 e. The predicted octanol–water partition coefficient (Wildman–Crippen LogP) is 2.54. The topological polar surface area (TPSA) is 63.8 Å². The average molecular weight is 299 g/mol. The van der Waals surface area contributed by atoms with Crippen LogP contribution in [0.3, 0.4) is 0 Å². The maximum atomic E-state index is 5.51. The summed E-state index contributed by atoms with van der Waals surface area (Å²) in [6, 6.07) is 2.12. The van der Waals surface area contributed by atoms with E-state index in [-0.39, 0.29) is 5.95 Å². The van der Waals surface area contributed by atoms with Crippen molar-refractivity contribution in [1.29, 1.82) is 0 Å². The zero-order valence-electron chi connectivity index (χ0n) is 8.48. The lowest BCUT2D eigenvalue weighted by molar-refractivity contribution is 1.00. The fraction of sp³-hybridized carbons (Fsp3) is 0.200. The van der Waals surface area contributed by atoms with Crippen LogP contribution in [-0.2, 0) is 6.42 Å². The van der Waals surface area contributed by atoms with Gasteiger partial charge in [0.15, 0.2) is 0 Å². The number of halogens is 1. The van der Waals surface area contributed by atoms with Gasteiger partial charge in [-0.3, -0.25) is 0 Å². The van der Waals surface area contributed by atoms with Crippen LogP contribution in [-0.4, -0.2) is 16.5 Å². The molecule has 2 aromatic heterocycles. The van der Waals surface area contributed by atoms with Crippen molar-refractivity contribution in [2.24, 2.45) is 0 Å². The number of hydrogen-bond acceptors (Lipinski definition) is 5. The molecular formula is C10H11BrN4S. The number of hydrogen-bond donors (Lipinski definition) is 2. The smallest absolute Gasteiger partial charge is 0.221 e. The van der Waals surface area contributed by atoms with E-state index in [2.05, 4.69) is 48.0 Å². The molecule has 0 saturated heterocycles. The Bertz CT molecular complexity index is 458. The Balaban J connectivity index is 1.92. The molecule has 2 aromatic rings. The van der Waals surface area contributed by atoms with Gasteiger partial charge >= 0.3 is 0 Å². The maximum Gasteiger partial charge on any atom is 0.221 e. The van der Waals surface area contributed by atoms with E-state index in [1.807, 2.05) is 0 Å². The van der Waals surface area contributed by atoms with Crippen LogP contribution in [0.1, 0.15) is 5.56 Å². The molecule has 3 N–H and O–H groups in total. The first kappa shape index (κ1) is 11.3. The van der Waals surface area contributed by atoms with Crippen LogP contribution in [0.15, 0.2) is 27.5 Å². The van der Waals surface area contributed by atoms with Crippen LogP contribution in [0.5, 0.6) is 0 Å². The Labute approximate surface area is 106 Å². The Hall–Kier alpha value is -1.14. The van der Waals surface area contributed by atoms with Crippen molar-refractivity contribution in [3.8, 4) is 0 Å². The van der Waals surface area contributed by atoms with E-state index in [0.717, 1.165) is 23.3 Å². The summed E-state index contributed by atoms with van der Waals surface area (Å²) >= 11 is 5.08. The SMILES string of the molecule is Nc1ncc(Br)c(NCCc2ccsc2)n1. The Morgan fingerprint density at radius 1 is 1.50 bits per heavy atom. The van der Waals surface area contributed by atoms with Gasteiger partial charge in [-0.2, -0.15) is 16.3 Å². The Kier molecular flexibility index (Phi) is 3.74. The van der Waals surface area contributed by atoms with Gasteiger partial charge in [0.1, 0.15) is 5.82 Å². The highest BCUT2D eigenvalue weighted by atomic mass is 79.9. The fourth-order valence-electron chi connectivity index (χ4n) is 1.26. The first-order valence-electron chi connectivity index (χ1n) is 4.78. The second-order valence-electron chi connectivity index (χ2n) is 3.23. The molecule has 0 aromatic carbocycles. The molecule has 0 radical (unpaired) electrons. The summed E-state index contributed by atoms with van der Waals surface area (Å²) in [6.07, 6.45) is 2.62. The number of nitrogens with one attached hydrogen (secondary N) is 1. The van der Waals surface area contributed by atoms with Gasteiger partial charge in [0.25, 0.3) is 0 Å². The molecule has 0 saturated carbocycles. The van der Waals surface area contributed by atoms with Gasteiger partial charge in [0.05, 0.1) is 4.47 Å². The predicted molar refractivity (Wildman–Crippen MR) is 70.7 cm³/mol. The summed E-state index contributed by atoms with van der Waals surface area (Å²) in [5.41, 5.74) is 6.84. The van der Waals surface area contributed by atoms with Crippen molar-refractivity contribution in [3.05, 3.63) is 33.1 Å². The molecule has 6 heteroatoms. The molecular weight excluding hydrogens is 288 g/mol. The first-order valence-corrected chi connectivity index (χ1v) is 6.52. The van der Waals surface area contributed by atoms with E-state index >= 15 is 0 Å². The van der Waals surface area contributed by atoms with Gasteiger partial charge < -0.3 is 11.1 Å². The third-order valence-corrected chi connectivity index (χ3v) is 3.36. The molecule has 0 aliphatic carbocycles. The molecule has 0 atom stereocenters. The first-order chi connectivity index (χ1) is 7.75. The third kappa shape index (κ3) is 2.93. The lowest BCUT2D eigenvalue weighted by Gasteiger charge is -2.06. The van der Waals surface area contributed by atoms with Crippen molar-refractivity contribution in [2.45, 2.75) is 6.42 Å². The zero-order valence-corrected chi connectivity index (χ0v) is 10.9. The van der Waals surface area contributed by atoms with E-state index in [1.165, 1.54) is 5.56 Å². The summed E-state index contributed by atoms with van der Waals surface area (Å²) in [6.45, 7) is 0.825. The number of aromatic nitrogens is 2. The largest absolute Gasteiger partial charge is 0.369 e. The van der Waals surface area contributed by atoms with Gasteiger partial charge in [0.2, 0.25) is 5.95 Å². The second-order valence-corrected chi connectivity index (χ2v) is 4.87. The summed E-state index contributed by atoms with van der Waals surface area (Å²) < 4.78 is 0.826. The number of nitrogen functional groups attached to an aromatic ring is 1. The van der Waals surface area contributed by atoms with E-state index in [9.17, 15) is 0 Å². The van der Waals surface area contributed by atoms with Gasteiger partial charge in [-0.05, 0) is 44.7 Å². The minimum absolute atomic E-state index is 0.279. The van der Waals surface area contributed by atoms with Crippen LogP contribution >= 0.6 is 27.3 Å². The third-order valence-electron chi connectivity index (χ3n) is 2.05. The van der Waals surface area contributed by atoms with Crippen molar-refractivity contribution < 1.29 is 0 Å². The lowest BCUT2D eigenvalue weighted by atomic mass is 10.2. The highest BCUT2D eigenvalue weighted by Gasteiger charge is 2.02. The number of nitrogens with zero attached hydrogens (tertiary/aromatic N) is 2. The average Bonchev–Trinajstić information content (AvgIpc) is 2.76. The van der Waals surface area contributed by atoms with Gasteiger partial charge in [-0.15, -0.1) is 0 Å². The molecule has 2 rings (SSSR count). The summed E-state index contributed by atoms with van der Waals surface area (Å²) in [5.74, 6) is 1.02. The molecule has 0 unspecified atom stereocenters. The molecule has 2 heterocycles. The molecule has 0 aliphatic rings. The van der Waals surface area contributed by atoms with Crippen LogP contribution in [0.4, 0.5) is 11.8 Å². The van der Waals surface area contributed by atoms with E-state index in [0.29, 0.717) is 0 Å². The van der Waals surface area contributed by atoms with Crippen molar-refractivity contribution in [3.63, 3.8) is 0 Å². The van der Waals surface area contributed by atoms with Crippen molar-refractivity contribution in [1.82, 2.24) is 9.97 Å². The van der Waals surface area contributed by atoms with Gasteiger partial charge in [0, 0.05) is 12.7 Å². The van der Waals surface area contributed by atoms with Crippen LogP contribution < -0.4 is 11.1 Å².